The molecule has 0 aliphatic carbocycles. The summed E-state index contributed by atoms with van der Waals surface area (Å²) in [4.78, 5) is 9.95. The lowest BCUT2D eigenvalue weighted by molar-refractivity contribution is -0.529. The van der Waals surface area contributed by atoms with Crippen LogP contribution in [0.15, 0.2) is 30.3 Å². The first-order valence-corrected chi connectivity index (χ1v) is 4.96. The van der Waals surface area contributed by atoms with Gasteiger partial charge in [0.15, 0.2) is 0 Å². The Labute approximate surface area is 88.7 Å². The minimum Gasteiger partial charge on any atom is -0.386 e. The zero-order valence-corrected chi connectivity index (χ0v) is 8.67. The Morgan fingerprint density at radius 1 is 1.40 bits per heavy atom. The van der Waals surface area contributed by atoms with Crippen molar-refractivity contribution in [2.24, 2.45) is 0 Å². The van der Waals surface area contributed by atoms with Crippen LogP contribution in [0.5, 0.6) is 0 Å². The largest absolute Gasteiger partial charge is 0.386 e. The zero-order chi connectivity index (χ0) is 11.3. The highest BCUT2D eigenvalue weighted by Gasteiger charge is 2.23. The van der Waals surface area contributed by atoms with E-state index >= 15 is 0 Å². The molecule has 0 heterocycles. The van der Waals surface area contributed by atoms with Gasteiger partial charge in [0.25, 0.3) is 0 Å². The molecule has 0 aliphatic heterocycles. The number of hydrogen-bond acceptors (Lipinski definition) is 3. The molecule has 1 aromatic carbocycles. The number of aryl methyl sites for hydroxylation is 1. The van der Waals surface area contributed by atoms with Crippen molar-refractivity contribution in [1.29, 1.82) is 0 Å². The van der Waals surface area contributed by atoms with Gasteiger partial charge in [-0.15, -0.1) is 0 Å². The minimum atomic E-state index is -0.895. The second-order valence-corrected chi connectivity index (χ2v) is 3.62. The van der Waals surface area contributed by atoms with Crippen LogP contribution in [0.2, 0.25) is 0 Å². The van der Waals surface area contributed by atoms with Crippen LogP contribution in [-0.2, 0) is 6.42 Å². The molecule has 0 bridgehead atoms. The number of benzene rings is 1. The van der Waals surface area contributed by atoms with E-state index in [9.17, 15) is 15.2 Å². The number of hydrogen-bond donors (Lipinski definition) is 1. The van der Waals surface area contributed by atoms with Crippen LogP contribution < -0.4 is 0 Å². The molecule has 1 rings (SSSR count). The van der Waals surface area contributed by atoms with Gasteiger partial charge in [-0.3, -0.25) is 10.1 Å². The van der Waals surface area contributed by atoms with Crippen molar-refractivity contribution in [1.82, 2.24) is 0 Å². The van der Waals surface area contributed by atoms with E-state index in [2.05, 4.69) is 0 Å². The van der Waals surface area contributed by atoms with Gasteiger partial charge in [0, 0.05) is 11.8 Å². The monoisotopic (exact) mass is 209 g/mol. The molecular formula is C11H15NO3. The van der Waals surface area contributed by atoms with Crippen molar-refractivity contribution in [2.75, 3.05) is 0 Å². The van der Waals surface area contributed by atoms with E-state index in [1.165, 1.54) is 6.92 Å². The average Bonchev–Trinajstić information content (AvgIpc) is 2.26. The summed E-state index contributed by atoms with van der Waals surface area (Å²) in [6.07, 6.45) is 0.215. The first-order valence-electron chi connectivity index (χ1n) is 4.96. The molecule has 4 nitrogen and oxygen atoms in total. The molecule has 15 heavy (non-hydrogen) atoms. The Morgan fingerprint density at radius 3 is 2.53 bits per heavy atom. The van der Waals surface area contributed by atoms with Gasteiger partial charge < -0.3 is 5.11 Å². The van der Waals surface area contributed by atoms with E-state index in [1.807, 2.05) is 30.3 Å². The van der Waals surface area contributed by atoms with Crippen molar-refractivity contribution in [3.05, 3.63) is 46.0 Å². The molecule has 0 saturated heterocycles. The predicted octanol–water partition coefficient (Wildman–Crippen LogP) is 1.65. The highest BCUT2D eigenvalue weighted by atomic mass is 16.6. The van der Waals surface area contributed by atoms with Gasteiger partial charge in [-0.25, -0.2) is 0 Å². The summed E-state index contributed by atoms with van der Waals surface area (Å²) in [6.45, 7) is 1.43. The lowest BCUT2D eigenvalue weighted by Crippen LogP contribution is -2.30. The Kier molecular flexibility index (Phi) is 4.24. The van der Waals surface area contributed by atoms with Crippen molar-refractivity contribution in [3.8, 4) is 0 Å². The van der Waals surface area contributed by atoms with Gasteiger partial charge in [0.2, 0.25) is 6.04 Å². The lowest BCUT2D eigenvalue weighted by Gasteiger charge is -2.11. The number of nitro groups is 1. The van der Waals surface area contributed by atoms with Crippen molar-refractivity contribution >= 4 is 0 Å². The summed E-state index contributed by atoms with van der Waals surface area (Å²) in [5.41, 5.74) is 1.09. The van der Waals surface area contributed by atoms with Crippen LogP contribution >= 0.6 is 0 Å². The fraction of sp³-hybridized carbons (Fsp3) is 0.455. The van der Waals surface area contributed by atoms with E-state index in [4.69, 9.17) is 0 Å². The Hall–Kier alpha value is -1.42. The van der Waals surface area contributed by atoms with E-state index < -0.39 is 17.1 Å². The molecule has 2 atom stereocenters. The highest BCUT2D eigenvalue weighted by Crippen LogP contribution is 2.08. The Bertz CT molecular complexity index is 313. The quantitative estimate of drug-likeness (QED) is 0.592. The maximum Gasteiger partial charge on any atom is 0.235 e. The normalized spacial score (nSPS) is 14.5. The lowest BCUT2D eigenvalue weighted by atomic mass is 10.0. The van der Waals surface area contributed by atoms with Gasteiger partial charge in [-0.05, 0) is 18.4 Å². The van der Waals surface area contributed by atoms with Crippen molar-refractivity contribution < 1.29 is 10.0 Å². The van der Waals surface area contributed by atoms with Crippen molar-refractivity contribution in [3.63, 3.8) is 0 Å². The average molecular weight is 209 g/mol. The molecule has 82 valence electrons. The van der Waals surface area contributed by atoms with Gasteiger partial charge >= 0.3 is 0 Å². The maximum atomic E-state index is 10.4. The number of aliphatic hydroxyl groups is 1. The Morgan fingerprint density at radius 2 is 2.00 bits per heavy atom. The molecule has 0 radical (unpaired) electrons. The number of rotatable bonds is 5. The summed E-state index contributed by atoms with van der Waals surface area (Å²) in [6, 6.07) is 8.75. The molecule has 1 aromatic rings. The van der Waals surface area contributed by atoms with E-state index in [0.29, 0.717) is 12.8 Å². The molecular weight excluding hydrogens is 194 g/mol. The molecule has 0 unspecified atom stereocenters. The maximum absolute atomic E-state index is 10.4. The molecule has 4 heteroatoms. The fourth-order valence-corrected chi connectivity index (χ4v) is 1.34. The van der Waals surface area contributed by atoms with Crippen LogP contribution in [0.4, 0.5) is 0 Å². The molecule has 1 N–H and O–H groups in total. The molecule has 0 spiro atoms. The van der Waals surface area contributed by atoms with Crippen LogP contribution in [0.3, 0.4) is 0 Å². The highest BCUT2D eigenvalue weighted by molar-refractivity contribution is 5.14. The summed E-state index contributed by atoms with van der Waals surface area (Å²) < 4.78 is 0. The first kappa shape index (κ1) is 11.7. The molecule has 0 amide bonds. The van der Waals surface area contributed by atoms with Crippen LogP contribution in [0.25, 0.3) is 0 Å². The predicted molar refractivity (Wildman–Crippen MR) is 57.2 cm³/mol. The Balaban J connectivity index is 2.41. The third kappa shape index (κ3) is 3.67. The smallest absolute Gasteiger partial charge is 0.235 e. The molecule has 0 fully saturated rings. The molecule has 0 aromatic heterocycles. The zero-order valence-electron chi connectivity index (χ0n) is 8.67. The topological polar surface area (TPSA) is 63.4 Å². The third-order valence-electron chi connectivity index (χ3n) is 2.46. The van der Waals surface area contributed by atoms with Gasteiger partial charge in [-0.1, -0.05) is 30.3 Å². The standard InChI is InChI=1S/C11H15NO3/c1-9(12(14)15)11(13)8-7-10-5-3-2-4-6-10/h2-6,9,11,13H,7-8H2,1H3/t9-,11+/m1/s1. The second-order valence-electron chi connectivity index (χ2n) is 3.62. The second kappa shape index (κ2) is 5.46. The van der Waals surface area contributed by atoms with Gasteiger partial charge in [0.05, 0.1) is 0 Å². The first-order chi connectivity index (χ1) is 7.11. The molecule has 0 aliphatic rings. The van der Waals surface area contributed by atoms with E-state index in [-0.39, 0.29) is 0 Å². The number of nitrogens with zero attached hydrogens (tertiary/aromatic N) is 1. The van der Waals surface area contributed by atoms with Crippen LogP contribution in [0.1, 0.15) is 18.9 Å². The van der Waals surface area contributed by atoms with Crippen molar-refractivity contribution in [2.45, 2.75) is 31.9 Å². The SMILES string of the molecule is C[C@H]([C@@H](O)CCc1ccccc1)[N+](=O)[O-]. The minimum absolute atomic E-state index is 0.423. The summed E-state index contributed by atoms with van der Waals surface area (Å²) in [5, 5.41) is 19.9. The van der Waals surface area contributed by atoms with Crippen LogP contribution in [0, 0.1) is 10.1 Å². The number of aliphatic hydroxyl groups excluding tert-OH is 1. The fourth-order valence-electron chi connectivity index (χ4n) is 1.34. The summed E-state index contributed by atoms with van der Waals surface area (Å²) >= 11 is 0. The third-order valence-corrected chi connectivity index (χ3v) is 2.46. The van der Waals surface area contributed by atoms with E-state index in [0.717, 1.165) is 5.56 Å². The van der Waals surface area contributed by atoms with E-state index in [1.54, 1.807) is 0 Å². The van der Waals surface area contributed by atoms with Gasteiger partial charge in [0.1, 0.15) is 6.10 Å². The van der Waals surface area contributed by atoms with Gasteiger partial charge in [-0.2, -0.15) is 0 Å². The summed E-state index contributed by atoms with van der Waals surface area (Å²) in [5.74, 6) is 0. The summed E-state index contributed by atoms with van der Waals surface area (Å²) in [7, 11) is 0. The molecule has 0 saturated carbocycles. The van der Waals surface area contributed by atoms with Crippen LogP contribution in [-0.4, -0.2) is 22.2 Å².